The van der Waals surface area contributed by atoms with Gasteiger partial charge < -0.3 is 14.7 Å². The second kappa shape index (κ2) is 5.00. The Morgan fingerprint density at radius 3 is 2.47 bits per heavy atom. The van der Waals surface area contributed by atoms with Crippen molar-refractivity contribution in [2.24, 2.45) is 0 Å². The van der Waals surface area contributed by atoms with Gasteiger partial charge in [-0.1, -0.05) is 0 Å². The molecule has 0 bridgehead atoms. The van der Waals surface area contributed by atoms with Crippen molar-refractivity contribution in [2.45, 2.75) is 20.4 Å². The zero-order valence-corrected chi connectivity index (χ0v) is 9.55. The number of hydrogen-bond donors (Lipinski definition) is 2. The molecule has 0 saturated heterocycles. The lowest BCUT2D eigenvalue weighted by molar-refractivity contribution is 0.0861. The molecule has 0 radical (unpaired) electrons. The van der Waals surface area contributed by atoms with E-state index in [2.05, 4.69) is 5.48 Å². The fourth-order valence-electron chi connectivity index (χ4n) is 1.43. The summed E-state index contributed by atoms with van der Waals surface area (Å²) in [6.45, 7) is 4.23. The highest BCUT2D eigenvalue weighted by Gasteiger charge is 2.11. The van der Waals surface area contributed by atoms with E-state index in [1.165, 1.54) is 7.11 Å². The first-order valence-corrected chi connectivity index (χ1v) is 4.73. The van der Waals surface area contributed by atoms with Crippen LogP contribution >= 0.6 is 0 Å². The van der Waals surface area contributed by atoms with Gasteiger partial charge in [-0.25, -0.2) is 0 Å². The summed E-state index contributed by atoms with van der Waals surface area (Å²) >= 11 is 0. The van der Waals surface area contributed by atoms with E-state index in [0.29, 0.717) is 6.54 Å². The largest absolute Gasteiger partial charge is 0.507 e. The van der Waals surface area contributed by atoms with Gasteiger partial charge >= 0.3 is 0 Å². The monoisotopic (exact) mass is 211 g/mol. The third kappa shape index (κ3) is 2.40. The average molecular weight is 211 g/mol. The number of methoxy groups -OCH3 is 1. The summed E-state index contributed by atoms with van der Waals surface area (Å²) < 4.78 is 5.22. The van der Waals surface area contributed by atoms with Crippen LogP contribution in [-0.2, 0) is 11.4 Å². The summed E-state index contributed by atoms with van der Waals surface area (Å²) in [4.78, 5) is 4.74. The molecule has 2 N–H and O–H groups in total. The lowest BCUT2D eigenvalue weighted by Crippen LogP contribution is -2.11. The predicted octanol–water partition coefficient (Wildman–Crippen LogP) is 1.67. The number of phenolic OH excluding ortho intramolecular Hbond substituents is 1. The topological polar surface area (TPSA) is 50.7 Å². The van der Waals surface area contributed by atoms with Crippen LogP contribution in [0.25, 0.3) is 0 Å². The van der Waals surface area contributed by atoms with Gasteiger partial charge in [-0.2, -0.15) is 5.48 Å². The molecule has 0 atom stereocenters. The molecular weight excluding hydrogens is 194 g/mol. The van der Waals surface area contributed by atoms with Crippen LogP contribution in [0.3, 0.4) is 0 Å². The minimum atomic E-state index is 0.290. The van der Waals surface area contributed by atoms with Crippen LogP contribution in [-0.4, -0.2) is 19.3 Å². The highest BCUT2D eigenvalue weighted by atomic mass is 16.6. The zero-order valence-electron chi connectivity index (χ0n) is 9.55. The van der Waals surface area contributed by atoms with Crippen LogP contribution in [0.15, 0.2) is 6.07 Å². The Labute approximate surface area is 89.8 Å². The van der Waals surface area contributed by atoms with Crippen molar-refractivity contribution >= 4 is 0 Å². The van der Waals surface area contributed by atoms with Gasteiger partial charge in [0.25, 0.3) is 0 Å². The molecule has 0 unspecified atom stereocenters. The SMILES string of the molecule is CONCc1cc(OC)c(C)c(C)c1O. The molecule has 4 heteroatoms. The van der Waals surface area contributed by atoms with Crippen molar-refractivity contribution in [3.63, 3.8) is 0 Å². The normalized spacial score (nSPS) is 10.4. The van der Waals surface area contributed by atoms with Crippen LogP contribution < -0.4 is 10.2 Å². The van der Waals surface area contributed by atoms with Crippen molar-refractivity contribution in [1.82, 2.24) is 5.48 Å². The Morgan fingerprint density at radius 2 is 1.93 bits per heavy atom. The van der Waals surface area contributed by atoms with E-state index in [0.717, 1.165) is 22.4 Å². The lowest BCUT2D eigenvalue weighted by atomic mass is 10.0. The van der Waals surface area contributed by atoms with E-state index >= 15 is 0 Å². The highest BCUT2D eigenvalue weighted by molar-refractivity contribution is 5.51. The average Bonchev–Trinajstić information content (AvgIpc) is 2.25. The molecule has 0 saturated carbocycles. The van der Waals surface area contributed by atoms with Crippen molar-refractivity contribution in [3.05, 3.63) is 22.8 Å². The number of rotatable bonds is 4. The van der Waals surface area contributed by atoms with Crippen molar-refractivity contribution in [1.29, 1.82) is 0 Å². The number of nitrogens with one attached hydrogen (secondary N) is 1. The molecule has 0 aliphatic carbocycles. The number of aromatic hydroxyl groups is 1. The van der Waals surface area contributed by atoms with Gasteiger partial charge in [0.1, 0.15) is 11.5 Å². The summed E-state index contributed by atoms with van der Waals surface area (Å²) in [6, 6.07) is 1.81. The molecule has 15 heavy (non-hydrogen) atoms. The van der Waals surface area contributed by atoms with Gasteiger partial charge in [0, 0.05) is 12.1 Å². The molecule has 84 valence electrons. The van der Waals surface area contributed by atoms with E-state index in [1.807, 2.05) is 19.9 Å². The highest BCUT2D eigenvalue weighted by Crippen LogP contribution is 2.32. The van der Waals surface area contributed by atoms with Gasteiger partial charge in [0.05, 0.1) is 14.2 Å². The summed E-state index contributed by atoms with van der Waals surface area (Å²) in [7, 11) is 3.15. The Bertz CT molecular complexity index is 350. The van der Waals surface area contributed by atoms with E-state index in [4.69, 9.17) is 9.57 Å². The van der Waals surface area contributed by atoms with E-state index in [9.17, 15) is 5.11 Å². The molecule has 0 amide bonds. The summed E-state index contributed by atoms with van der Waals surface area (Å²) in [5.74, 6) is 1.07. The Hall–Kier alpha value is -1.26. The van der Waals surface area contributed by atoms with Crippen molar-refractivity contribution in [2.75, 3.05) is 14.2 Å². The molecule has 0 fully saturated rings. The quantitative estimate of drug-likeness (QED) is 0.744. The Balaban J connectivity index is 3.11. The van der Waals surface area contributed by atoms with E-state index in [-0.39, 0.29) is 5.75 Å². The van der Waals surface area contributed by atoms with Gasteiger partial charge in [-0.05, 0) is 31.0 Å². The summed E-state index contributed by atoms with van der Waals surface area (Å²) in [6.07, 6.45) is 0. The maximum absolute atomic E-state index is 9.87. The lowest BCUT2D eigenvalue weighted by Gasteiger charge is -2.13. The van der Waals surface area contributed by atoms with Crippen LogP contribution in [0.1, 0.15) is 16.7 Å². The van der Waals surface area contributed by atoms with Gasteiger partial charge in [0.15, 0.2) is 0 Å². The molecule has 4 nitrogen and oxygen atoms in total. The maximum Gasteiger partial charge on any atom is 0.123 e. The second-order valence-electron chi connectivity index (χ2n) is 3.36. The molecule has 0 aliphatic heterocycles. The van der Waals surface area contributed by atoms with E-state index < -0.39 is 0 Å². The third-order valence-corrected chi connectivity index (χ3v) is 2.52. The van der Waals surface area contributed by atoms with Gasteiger partial charge in [-0.15, -0.1) is 0 Å². The molecule has 1 aromatic carbocycles. The van der Waals surface area contributed by atoms with Crippen molar-refractivity contribution < 1.29 is 14.7 Å². The number of phenols is 1. The van der Waals surface area contributed by atoms with Crippen LogP contribution in [0.5, 0.6) is 11.5 Å². The minimum Gasteiger partial charge on any atom is -0.507 e. The third-order valence-electron chi connectivity index (χ3n) is 2.52. The molecule has 0 aromatic heterocycles. The Kier molecular flexibility index (Phi) is 3.94. The van der Waals surface area contributed by atoms with Crippen LogP contribution in [0.4, 0.5) is 0 Å². The molecule has 0 aliphatic rings. The predicted molar refractivity (Wildman–Crippen MR) is 58.0 cm³/mol. The second-order valence-corrected chi connectivity index (χ2v) is 3.36. The number of hydrogen-bond acceptors (Lipinski definition) is 4. The summed E-state index contributed by atoms with van der Waals surface area (Å²) in [5, 5.41) is 9.87. The van der Waals surface area contributed by atoms with Crippen LogP contribution in [0, 0.1) is 13.8 Å². The minimum absolute atomic E-state index is 0.290. The molecular formula is C11H17NO3. The number of benzene rings is 1. The summed E-state index contributed by atoms with van der Waals surface area (Å²) in [5.41, 5.74) is 5.24. The smallest absolute Gasteiger partial charge is 0.123 e. The molecule has 0 heterocycles. The fourth-order valence-corrected chi connectivity index (χ4v) is 1.43. The molecule has 1 rings (SSSR count). The molecule has 0 spiro atoms. The number of ether oxygens (including phenoxy) is 1. The van der Waals surface area contributed by atoms with Gasteiger partial charge in [-0.3, -0.25) is 0 Å². The van der Waals surface area contributed by atoms with Crippen molar-refractivity contribution in [3.8, 4) is 11.5 Å². The first-order valence-electron chi connectivity index (χ1n) is 4.73. The first kappa shape index (κ1) is 11.8. The number of hydroxylamine groups is 1. The maximum atomic E-state index is 9.87. The first-order chi connectivity index (χ1) is 7.11. The fraction of sp³-hybridized carbons (Fsp3) is 0.455. The zero-order chi connectivity index (χ0) is 11.4. The van der Waals surface area contributed by atoms with Crippen LogP contribution in [0.2, 0.25) is 0 Å². The standard InChI is InChI=1S/C11H17NO3/c1-7-8(2)11(13)9(6-12-15-4)5-10(7)14-3/h5,12-13H,6H2,1-4H3. The van der Waals surface area contributed by atoms with E-state index in [1.54, 1.807) is 7.11 Å². The van der Waals surface area contributed by atoms with Gasteiger partial charge in [0.2, 0.25) is 0 Å². The molecule has 1 aromatic rings. The Morgan fingerprint density at radius 1 is 1.27 bits per heavy atom.